The van der Waals surface area contributed by atoms with Crippen LogP contribution < -0.4 is 5.32 Å². The van der Waals surface area contributed by atoms with Crippen molar-refractivity contribution in [2.75, 3.05) is 5.75 Å². The first kappa shape index (κ1) is 12.4. The van der Waals surface area contributed by atoms with Crippen LogP contribution in [0.1, 0.15) is 27.2 Å². The largest absolute Gasteiger partial charge is 0.351 e. The molecule has 0 saturated heterocycles. The summed E-state index contributed by atoms with van der Waals surface area (Å²) in [5, 5.41) is 10.5. The number of amides is 1. The Morgan fingerprint density at radius 1 is 1.67 bits per heavy atom. The number of nitrogens with one attached hydrogen (secondary N) is 1. The Kier molecular flexibility index (Phi) is 4.53. The summed E-state index contributed by atoms with van der Waals surface area (Å²) in [6.07, 6.45) is 0.919. The zero-order chi connectivity index (χ0) is 11.3. The third kappa shape index (κ3) is 4.61. The third-order valence-electron chi connectivity index (χ3n) is 2.03. The first-order valence-corrected chi connectivity index (χ1v) is 6.60. The Hall–Kier alpha value is -0.620. The summed E-state index contributed by atoms with van der Waals surface area (Å²) >= 11 is 2.87. The van der Waals surface area contributed by atoms with Crippen molar-refractivity contribution in [2.45, 2.75) is 37.1 Å². The Morgan fingerprint density at radius 3 is 2.93 bits per heavy atom. The molecule has 1 aromatic rings. The predicted octanol–water partition coefficient (Wildman–Crippen LogP) is 1.93. The molecule has 0 aliphatic heterocycles. The third-order valence-corrected chi connectivity index (χ3v) is 3.89. The molecule has 1 heterocycles. The van der Waals surface area contributed by atoms with Crippen LogP contribution in [0.25, 0.3) is 0 Å². The lowest BCUT2D eigenvalue weighted by molar-refractivity contribution is -0.120. The van der Waals surface area contributed by atoms with Crippen molar-refractivity contribution in [1.29, 1.82) is 0 Å². The van der Waals surface area contributed by atoms with E-state index in [1.54, 1.807) is 5.51 Å². The molecule has 0 unspecified atom stereocenters. The summed E-state index contributed by atoms with van der Waals surface area (Å²) in [5.41, 5.74) is 1.54. The molecule has 1 amide bonds. The van der Waals surface area contributed by atoms with Crippen molar-refractivity contribution >= 4 is 29.0 Å². The molecular formula is C9H15N3OS2. The van der Waals surface area contributed by atoms with Gasteiger partial charge in [-0.25, -0.2) is 0 Å². The number of nitrogens with zero attached hydrogens (tertiary/aromatic N) is 2. The number of carbonyl (C=O) groups is 1. The van der Waals surface area contributed by atoms with Gasteiger partial charge in [-0.2, -0.15) is 0 Å². The van der Waals surface area contributed by atoms with Gasteiger partial charge in [0.25, 0.3) is 0 Å². The zero-order valence-electron chi connectivity index (χ0n) is 9.11. The quantitative estimate of drug-likeness (QED) is 0.805. The second-order valence-corrected chi connectivity index (χ2v) is 5.83. The normalized spacial score (nSPS) is 11.4. The summed E-state index contributed by atoms with van der Waals surface area (Å²) in [5.74, 6) is 0.445. The molecule has 0 aromatic carbocycles. The van der Waals surface area contributed by atoms with Crippen molar-refractivity contribution in [3.8, 4) is 0 Å². The van der Waals surface area contributed by atoms with E-state index in [1.165, 1.54) is 23.1 Å². The van der Waals surface area contributed by atoms with Gasteiger partial charge < -0.3 is 5.32 Å². The first-order chi connectivity index (χ1) is 7.03. The molecule has 84 valence electrons. The van der Waals surface area contributed by atoms with E-state index in [0.29, 0.717) is 5.75 Å². The highest BCUT2D eigenvalue weighted by atomic mass is 32.2. The second kappa shape index (κ2) is 5.46. The molecule has 6 heteroatoms. The summed E-state index contributed by atoms with van der Waals surface area (Å²) < 4.78 is 0.833. The summed E-state index contributed by atoms with van der Waals surface area (Å²) in [6.45, 7) is 6.08. The molecular weight excluding hydrogens is 230 g/mol. The fourth-order valence-corrected chi connectivity index (χ4v) is 2.14. The SMILES string of the molecule is CCC(C)(C)NC(=O)CSc1nncs1. The molecule has 0 fully saturated rings. The van der Waals surface area contributed by atoms with E-state index in [9.17, 15) is 4.79 Å². The van der Waals surface area contributed by atoms with Gasteiger partial charge in [0, 0.05) is 5.54 Å². The van der Waals surface area contributed by atoms with E-state index in [-0.39, 0.29) is 11.4 Å². The highest BCUT2D eigenvalue weighted by Crippen LogP contribution is 2.18. The van der Waals surface area contributed by atoms with Crippen molar-refractivity contribution < 1.29 is 4.79 Å². The predicted molar refractivity (Wildman–Crippen MR) is 63.1 cm³/mol. The number of rotatable bonds is 5. The molecule has 0 atom stereocenters. The summed E-state index contributed by atoms with van der Waals surface area (Å²) in [7, 11) is 0. The van der Waals surface area contributed by atoms with Gasteiger partial charge in [-0.3, -0.25) is 4.79 Å². The number of thioether (sulfide) groups is 1. The average Bonchev–Trinajstić information content (AvgIpc) is 2.66. The molecule has 0 radical (unpaired) electrons. The Bertz CT molecular complexity index is 311. The zero-order valence-corrected chi connectivity index (χ0v) is 10.7. The van der Waals surface area contributed by atoms with Crippen LogP contribution in [0.3, 0.4) is 0 Å². The van der Waals surface area contributed by atoms with Crippen LogP contribution in [0.15, 0.2) is 9.85 Å². The lowest BCUT2D eigenvalue weighted by Crippen LogP contribution is -2.43. The summed E-state index contributed by atoms with van der Waals surface area (Å²) in [4.78, 5) is 11.5. The molecule has 0 aliphatic carbocycles. The summed E-state index contributed by atoms with van der Waals surface area (Å²) in [6, 6.07) is 0. The maximum Gasteiger partial charge on any atom is 0.230 e. The number of hydrogen-bond donors (Lipinski definition) is 1. The highest BCUT2D eigenvalue weighted by Gasteiger charge is 2.17. The van der Waals surface area contributed by atoms with E-state index in [2.05, 4.69) is 22.4 Å². The Morgan fingerprint density at radius 2 is 2.40 bits per heavy atom. The van der Waals surface area contributed by atoms with Crippen molar-refractivity contribution in [1.82, 2.24) is 15.5 Å². The lowest BCUT2D eigenvalue weighted by Gasteiger charge is -2.24. The van der Waals surface area contributed by atoms with Gasteiger partial charge in [0.05, 0.1) is 5.75 Å². The van der Waals surface area contributed by atoms with Gasteiger partial charge in [0.2, 0.25) is 5.91 Å². The Balaban J connectivity index is 2.31. The van der Waals surface area contributed by atoms with Crippen LogP contribution in [-0.2, 0) is 4.79 Å². The monoisotopic (exact) mass is 245 g/mol. The fraction of sp³-hybridized carbons (Fsp3) is 0.667. The average molecular weight is 245 g/mol. The van der Waals surface area contributed by atoms with Crippen LogP contribution in [-0.4, -0.2) is 27.4 Å². The van der Waals surface area contributed by atoms with Crippen molar-refractivity contribution in [3.63, 3.8) is 0 Å². The van der Waals surface area contributed by atoms with E-state index in [0.717, 1.165) is 10.8 Å². The second-order valence-electron chi connectivity index (χ2n) is 3.78. The van der Waals surface area contributed by atoms with E-state index in [1.807, 2.05) is 13.8 Å². The van der Waals surface area contributed by atoms with Crippen LogP contribution in [0.4, 0.5) is 0 Å². The molecule has 0 saturated carbocycles. The van der Waals surface area contributed by atoms with Crippen molar-refractivity contribution in [2.24, 2.45) is 0 Å². The molecule has 1 N–H and O–H groups in total. The van der Waals surface area contributed by atoms with Crippen LogP contribution in [0, 0.1) is 0 Å². The van der Waals surface area contributed by atoms with Crippen LogP contribution in [0.5, 0.6) is 0 Å². The van der Waals surface area contributed by atoms with E-state index in [4.69, 9.17) is 0 Å². The standard InChI is InChI=1S/C9H15N3OS2/c1-4-9(2,3)11-7(13)5-14-8-12-10-6-15-8/h6H,4-5H2,1-3H3,(H,11,13). The maximum absolute atomic E-state index is 11.5. The van der Waals surface area contributed by atoms with Gasteiger partial charge >= 0.3 is 0 Å². The van der Waals surface area contributed by atoms with Gasteiger partial charge in [-0.05, 0) is 20.3 Å². The number of aromatic nitrogens is 2. The van der Waals surface area contributed by atoms with Crippen LogP contribution >= 0.6 is 23.1 Å². The van der Waals surface area contributed by atoms with Gasteiger partial charge in [-0.1, -0.05) is 30.0 Å². The molecule has 4 nitrogen and oxygen atoms in total. The van der Waals surface area contributed by atoms with E-state index >= 15 is 0 Å². The minimum absolute atomic E-state index is 0.0436. The van der Waals surface area contributed by atoms with Crippen molar-refractivity contribution in [3.05, 3.63) is 5.51 Å². The molecule has 0 bridgehead atoms. The molecule has 0 aliphatic rings. The molecule has 15 heavy (non-hydrogen) atoms. The van der Waals surface area contributed by atoms with Gasteiger partial charge in [-0.15, -0.1) is 10.2 Å². The maximum atomic E-state index is 11.5. The lowest BCUT2D eigenvalue weighted by atomic mass is 10.0. The minimum atomic E-state index is -0.126. The number of hydrogen-bond acceptors (Lipinski definition) is 5. The number of carbonyl (C=O) groups excluding carboxylic acids is 1. The van der Waals surface area contributed by atoms with Gasteiger partial charge in [0.15, 0.2) is 4.34 Å². The first-order valence-electron chi connectivity index (χ1n) is 4.73. The molecule has 0 spiro atoms. The van der Waals surface area contributed by atoms with Gasteiger partial charge in [0.1, 0.15) is 5.51 Å². The fourth-order valence-electron chi connectivity index (χ4n) is 0.855. The van der Waals surface area contributed by atoms with E-state index < -0.39 is 0 Å². The minimum Gasteiger partial charge on any atom is -0.351 e. The highest BCUT2D eigenvalue weighted by molar-refractivity contribution is 8.01. The molecule has 1 rings (SSSR count). The smallest absolute Gasteiger partial charge is 0.230 e. The molecule has 1 aromatic heterocycles. The van der Waals surface area contributed by atoms with Crippen LogP contribution in [0.2, 0.25) is 0 Å². The Labute approximate surface area is 97.9 Å². The topological polar surface area (TPSA) is 54.9 Å².